The van der Waals surface area contributed by atoms with Gasteiger partial charge in [-0.25, -0.2) is 0 Å². The Balaban J connectivity index is 1.53. The van der Waals surface area contributed by atoms with Gasteiger partial charge in [-0.1, -0.05) is 13.3 Å². The molecule has 4 nitrogen and oxygen atoms in total. The molecule has 1 aliphatic heterocycles. The van der Waals surface area contributed by atoms with Crippen LogP contribution >= 0.6 is 11.8 Å². The first-order chi connectivity index (χ1) is 9.79. The zero-order valence-electron chi connectivity index (χ0n) is 12.6. The SMILES string of the molecule is CCSC1CCCC1NCC(O)COCC1CCCO1. The molecule has 2 fully saturated rings. The highest BCUT2D eigenvalue weighted by atomic mass is 32.2. The first kappa shape index (κ1) is 16.6. The average Bonchev–Trinajstić information content (AvgIpc) is 3.08. The van der Waals surface area contributed by atoms with E-state index >= 15 is 0 Å². The third-order valence-corrected chi connectivity index (χ3v) is 5.41. The largest absolute Gasteiger partial charge is 0.389 e. The molecule has 0 aromatic carbocycles. The highest BCUT2D eigenvalue weighted by Gasteiger charge is 2.27. The lowest BCUT2D eigenvalue weighted by Crippen LogP contribution is -2.40. The molecule has 0 spiro atoms. The Morgan fingerprint density at radius 1 is 1.35 bits per heavy atom. The van der Waals surface area contributed by atoms with E-state index in [4.69, 9.17) is 9.47 Å². The molecule has 1 saturated carbocycles. The number of aliphatic hydroxyl groups excluding tert-OH is 1. The van der Waals surface area contributed by atoms with Gasteiger partial charge in [-0.15, -0.1) is 0 Å². The lowest BCUT2D eigenvalue weighted by molar-refractivity contribution is -0.0168. The summed E-state index contributed by atoms with van der Waals surface area (Å²) in [6, 6.07) is 0.563. The zero-order valence-corrected chi connectivity index (χ0v) is 13.4. The van der Waals surface area contributed by atoms with Gasteiger partial charge in [-0.2, -0.15) is 11.8 Å². The molecule has 4 atom stereocenters. The van der Waals surface area contributed by atoms with Crippen LogP contribution in [-0.2, 0) is 9.47 Å². The summed E-state index contributed by atoms with van der Waals surface area (Å²) < 4.78 is 11.0. The molecule has 2 rings (SSSR count). The first-order valence-corrected chi connectivity index (χ1v) is 9.07. The Kier molecular flexibility index (Phi) is 7.66. The fourth-order valence-corrected chi connectivity index (χ4v) is 4.26. The minimum absolute atomic E-state index is 0.246. The van der Waals surface area contributed by atoms with E-state index in [9.17, 15) is 5.11 Å². The Morgan fingerprint density at radius 2 is 2.25 bits per heavy atom. The Labute approximate surface area is 127 Å². The second kappa shape index (κ2) is 9.26. The molecule has 1 aliphatic carbocycles. The monoisotopic (exact) mass is 303 g/mol. The van der Waals surface area contributed by atoms with Crippen LogP contribution in [-0.4, -0.2) is 60.7 Å². The first-order valence-electron chi connectivity index (χ1n) is 8.02. The van der Waals surface area contributed by atoms with E-state index < -0.39 is 6.10 Å². The number of aliphatic hydroxyl groups is 1. The molecular weight excluding hydrogens is 274 g/mol. The molecule has 0 bridgehead atoms. The van der Waals surface area contributed by atoms with Gasteiger partial charge in [-0.3, -0.25) is 0 Å². The molecule has 2 N–H and O–H groups in total. The van der Waals surface area contributed by atoms with E-state index in [1.54, 1.807) is 0 Å². The van der Waals surface area contributed by atoms with E-state index in [1.807, 2.05) is 11.8 Å². The number of nitrogens with one attached hydrogen (secondary N) is 1. The maximum Gasteiger partial charge on any atom is 0.0897 e. The van der Waals surface area contributed by atoms with Crippen molar-refractivity contribution >= 4 is 11.8 Å². The zero-order chi connectivity index (χ0) is 14.2. The number of hydrogen-bond acceptors (Lipinski definition) is 5. The smallest absolute Gasteiger partial charge is 0.0897 e. The summed E-state index contributed by atoms with van der Waals surface area (Å²) in [6.45, 7) is 4.74. The summed E-state index contributed by atoms with van der Waals surface area (Å²) in [5, 5.41) is 14.2. The van der Waals surface area contributed by atoms with Crippen molar-refractivity contribution in [2.75, 3.05) is 32.1 Å². The van der Waals surface area contributed by atoms with E-state index in [-0.39, 0.29) is 6.10 Å². The van der Waals surface area contributed by atoms with Gasteiger partial charge in [0.05, 0.1) is 25.4 Å². The van der Waals surface area contributed by atoms with Gasteiger partial charge in [-0.05, 0) is 31.4 Å². The second-order valence-electron chi connectivity index (χ2n) is 5.77. The van der Waals surface area contributed by atoms with E-state index in [0.29, 0.717) is 25.8 Å². The number of rotatable bonds is 9. The van der Waals surface area contributed by atoms with Crippen molar-refractivity contribution in [3.63, 3.8) is 0 Å². The van der Waals surface area contributed by atoms with Crippen molar-refractivity contribution < 1.29 is 14.6 Å². The van der Waals surface area contributed by atoms with Gasteiger partial charge >= 0.3 is 0 Å². The minimum atomic E-state index is -0.413. The third kappa shape index (κ3) is 5.53. The molecule has 0 aromatic rings. The highest BCUT2D eigenvalue weighted by molar-refractivity contribution is 7.99. The molecule has 0 radical (unpaired) electrons. The van der Waals surface area contributed by atoms with Crippen LogP contribution in [0, 0.1) is 0 Å². The molecule has 4 unspecified atom stereocenters. The predicted molar refractivity (Wildman–Crippen MR) is 83.4 cm³/mol. The van der Waals surface area contributed by atoms with Gasteiger partial charge < -0.3 is 19.9 Å². The maximum atomic E-state index is 9.96. The van der Waals surface area contributed by atoms with Crippen LogP contribution in [0.25, 0.3) is 0 Å². The van der Waals surface area contributed by atoms with Crippen molar-refractivity contribution in [3.8, 4) is 0 Å². The van der Waals surface area contributed by atoms with Crippen molar-refractivity contribution in [1.29, 1.82) is 0 Å². The van der Waals surface area contributed by atoms with Crippen LogP contribution in [0.3, 0.4) is 0 Å². The maximum absolute atomic E-state index is 9.96. The quantitative estimate of drug-likeness (QED) is 0.680. The molecule has 20 heavy (non-hydrogen) atoms. The molecular formula is C15H29NO3S. The van der Waals surface area contributed by atoms with Crippen LogP contribution in [0.1, 0.15) is 39.0 Å². The minimum Gasteiger partial charge on any atom is -0.389 e. The summed E-state index contributed by atoms with van der Waals surface area (Å²) in [5.74, 6) is 1.18. The molecule has 0 aromatic heterocycles. The van der Waals surface area contributed by atoms with Gasteiger partial charge in [0, 0.05) is 24.4 Å². The molecule has 2 aliphatic rings. The predicted octanol–water partition coefficient (Wildman–Crippen LogP) is 1.81. The van der Waals surface area contributed by atoms with E-state index in [0.717, 1.165) is 24.7 Å². The summed E-state index contributed by atoms with van der Waals surface area (Å²) in [5.41, 5.74) is 0. The van der Waals surface area contributed by atoms with Gasteiger partial charge in [0.25, 0.3) is 0 Å². The van der Waals surface area contributed by atoms with Gasteiger partial charge in [0.2, 0.25) is 0 Å². The fraction of sp³-hybridized carbons (Fsp3) is 1.00. The summed E-state index contributed by atoms with van der Waals surface area (Å²) in [7, 11) is 0. The molecule has 0 amide bonds. The van der Waals surface area contributed by atoms with Crippen molar-refractivity contribution in [2.24, 2.45) is 0 Å². The third-order valence-electron chi connectivity index (χ3n) is 4.09. The normalized spacial score (nSPS) is 31.8. The van der Waals surface area contributed by atoms with Crippen molar-refractivity contribution in [1.82, 2.24) is 5.32 Å². The summed E-state index contributed by atoms with van der Waals surface area (Å²) in [6.07, 6.45) is 5.91. The Morgan fingerprint density at radius 3 is 3.00 bits per heavy atom. The van der Waals surface area contributed by atoms with Crippen LogP contribution in [0.2, 0.25) is 0 Å². The lowest BCUT2D eigenvalue weighted by Gasteiger charge is -2.22. The Hall–Kier alpha value is 0.190. The van der Waals surface area contributed by atoms with Gasteiger partial charge in [0.15, 0.2) is 0 Å². The molecule has 118 valence electrons. The fourth-order valence-electron chi connectivity index (χ4n) is 3.03. The van der Waals surface area contributed by atoms with E-state index in [1.165, 1.54) is 25.0 Å². The summed E-state index contributed by atoms with van der Waals surface area (Å²) >= 11 is 2.04. The van der Waals surface area contributed by atoms with Crippen LogP contribution in [0.5, 0.6) is 0 Å². The topological polar surface area (TPSA) is 50.7 Å². The van der Waals surface area contributed by atoms with Crippen molar-refractivity contribution in [3.05, 3.63) is 0 Å². The Bertz CT molecular complexity index is 262. The van der Waals surface area contributed by atoms with Crippen molar-refractivity contribution in [2.45, 2.75) is 62.5 Å². The average molecular weight is 303 g/mol. The van der Waals surface area contributed by atoms with Crippen LogP contribution in [0.15, 0.2) is 0 Å². The second-order valence-corrected chi connectivity index (χ2v) is 7.28. The molecule has 5 heteroatoms. The lowest BCUT2D eigenvalue weighted by atomic mass is 10.2. The standard InChI is InChI=1S/C15H29NO3S/c1-2-20-15-7-3-6-14(15)16-9-12(17)10-18-11-13-5-4-8-19-13/h12-17H,2-11H2,1H3. The summed E-state index contributed by atoms with van der Waals surface area (Å²) in [4.78, 5) is 0. The molecule has 1 heterocycles. The number of thioether (sulfide) groups is 1. The highest BCUT2D eigenvalue weighted by Crippen LogP contribution is 2.29. The van der Waals surface area contributed by atoms with Gasteiger partial charge in [0.1, 0.15) is 0 Å². The van der Waals surface area contributed by atoms with Crippen LogP contribution in [0.4, 0.5) is 0 Å². The number of hydrogen-bond donors (Lipinski definition) is 2. The van der Waals surface area contributed by atoms with Crippen LogP contribution < -0.4 is 5.32 Å². The number of ether oxygens (including phenoxy) is 2. The van der Waals surface area contributed by atoms with E-state index in [2.05, 4.69) is 12.2 Å². The molecule has 1 saturated heterocycles.